The molecular weight excluding hydrogens is 240 g/mol. The smallest absolute Gasteiger partial charge is 0.0223 e. The number of aryl methyl sites for hydroxylation is 1. The van der Waals surface area contributed by atoms with Crippen LogP contribution in [0.4, 0.5) is 0 Å². The van der Waals surface area contributed by atoms with Crippen LogP contribution in [-0.2, 0) is 6.42 Å². The molecule has 0 radical (unpaired) electrons. The van der Waals surface area contributed by atoms with Gasteiger partial charge in [0.05, 0.1) is 0 Å². The van der Waals surface area contributed by atoms with Gasteiger partial charge in [0.25, 0.3) is 0 Å². The Kier molecular flexibility index (Phi) is 5.54. The van der Waals surface area contributed by atoms with E-state index in [9.17, 15) is 0 Å². The molecule has 2 rings (SSSR count). The van der Waals surface area contributed by atoms with Crippen molar-refractivity contribution in [3.05, 3.63) is 48.0 Å². The van der Waals surface area contributed by atoms with Gasteiger partial charge in [-0.3, -0.25) is 0 Å². The molecule has 18 heavy (non-hydrogen) atoms. The molecule has 0 bridgehead atoms. The number of alkyl halides is 1. The van der Waals surface area contributed by atoms with E-state index in [1.807, 2.05) is 0 Å². The van der Waals surface area contributed by atoms with Gasteiger partial charge in [-0.25, -0.2) is 0 Å². The van der Waals surface area contributed by atoms with Gasteiger partial charge < -0.3 is 0 Å². The van der Waals surface area contributed by atoms with Crippen molar-refractivity contribution < 1.29 is 0 Å². The molecule has 0 heterocycles. The van der Waals surface area contributed by atoms with Gasteiger partial charge in [-0.05, 0) is 35.6 Å². The summed E-state index contributed by atoms with van der Waals surface area (Å²) >= 11 is 5.68. The molecule has 0 fully saturated rings. The molecule has 2 aromatic carbocycles. The van der Waals surface area contributed by atoms with Crippen LogP contribution in [0.3, 0.4) is 0 Å². The first-order valence-corrected chi connectivity index (χ1v) is 7.48. The van der Waals surface area contributed by atoms with Crippen LogP contribution in [0.1, 0.15) is 37.7 Å². The summed E-state index contributed by atoms with van der Waals surface area (Å²) in [6.07, 6.45) is 7.56. The van der Waals surface area contributed by atoms with Crippen LogP contribution in [0, 0.1) is 0 Å². The molecule has 0 spiro atoms. The fourth-order valence-corrected chi connectivity index (χ4v) is 2.64. The number of halogens is 1. The first-order valence-electron chi connectivity index (χ1n) is 6.94. The lowest BCUT2D eigenvalue weighted by Crippen LogP contribution is -1.88. The highest BCUT2D eigenvalue weighted by Crippen LogP contribution is 2.20. The van der Waals surface area contributed by atoms with Crippen LogP contribution in [0.5, 0.6) is 0 Å². The van der Waals surface area contributed by atoms with Crippen molar-refractivity contribution in [2.24, 2.45) is 0 Å². The van der Waals surface area contributed by atoms with E-state index in [1.54, 1.807) is 0 Å². The number of benzene rings is 2. The minimum atomic E-state index is 0.809. The van der Waals surface area contributed by atoms with E-state index in [2.05, 4.69) is 42.5 Å². The molecule has 1 heteroatoms. The molecule has 0 saturated heterocycles. The van der Waals surface area contributed by atoms with E-state index in [1.165, 1.54) is 48.4 Å². The maximum Gasteiger partial charge on any atom is 0.0223 e. The van der Waals surface area contributed by atoms with Gasteiger partial charge in [-0.1, -0.05) is 61.7 Å². The van der Waals surface area contributed by atoms with Gasteiger partial charge in [0.2, 0.25) is 0 Å². The molecule has 0 atom stereocenters. The lowest BCUT2D eigenvalue weighted by atomic mass is 9.99. The van der Waals surface area contributed by atoms with Crippen LogP contribution >= 0.6 is 11.6 Å². The normalized spacial score (nSPS) is 10.9. The van der Waals surface area contributed by atoms with Crippen molar-refractivity contribution in [1.82, 2.24) is 0 Å². The van der Waals surface area contributed by atoms with Gasteiger partial charge in [0, 0.05) is 5.88 Å². The third kappa shape index (κ3) is 3.74. The highest BCUT2D eigenvalue weighted by atomic mass is 35.5. The van der Waals surface area contributed by atoms with Crippen LogP contribution in [0.2, 0.25) is 0 Å². The Morgan fingerprint density at radius 1 is 0.722 bits per heavy atom. The van der Waals surface area contributed by atoms with Crippen LogP contribution in [0.15, 0.2) is 42.5 Å². The summed E-state index contributed by atoms with van der Waals surface area (Å²) in [5, 5.41) is 2.78. The minimum absolute atomic E-state index is 0.809. The molecule has 0 nitrogen and oxygen atoms in total. The minimum Gasteiger partial charge on any atom is -0.127 e. The quantitative estimate of drug-likeness (QED) is 0.451. The summed E-state index contributed by atoms with van der Waals surface area (Å²) in [5.41, 5.74) is 1.49. The Morgan fingerprint density at radius 2 is 1.44 bits per heavy atom. The number of fused-ring (bicyclic) bond motifs is 1. The zero-order chi connectivity index (χ0) is 12.6. The third-order valence-electron chi connectivity index (χ3n) is 3.46. The molecule has 0 aliphatic carbocycles. The zero-order valence-corrected chi connectivity index (χ0v) is 11.6. The lowest BCUT2D eigenvalue weighted by Gasteiger charge is -2.06. The summed E-state index contributed by atoms with van der Waals surface area (Å²) in [6, 6.07) is 15.3. The molecule has 0 N–H and O–H groups in total. The molecule has 0 unspecified atom stereocenters. The SMILES string of the molecule is ClCCCCCCCc1cccc2ccccc12. The Hall–Kier alpha value is -1.01. The largest absolute Gasteiger partial charge is 0.127 e. The summed E-state index contributed by atoms with van der Waals surface area (Å²) in [5.74, 6) is 0.809. The van der Waals surface area contributed by atoms with Gasteiger partial charge in [-0.15, -0.1) is 11.6 Å². The van der Waals surface area contributed by atoms with Crippen LogP contribution in [-0.4, -0.2) is 5.88 Å². The first-order chi connectivity index (χ1) is 8.92. The highest BCUT2D eigenvalue weighted by molar-refractivity contribution is 6.17. The second-order valence-corrected chi connectivity index (χ2v) is 5.22. The van der Waals surface area contributed by atoms with Gasteiger partial charge in [0.1, 0.15) is 0 Å². The average Bonchev–Trinajstić information content (AvgIpc) is 2.43. The number of hydrogen-bond acceptors (Lipinski definition) is 0. The molecule has 0 aliphatic heterocycles. The van der Waals surface area contributed by atoms with E-state index in [4.69, 9.17) is 11.6 Å². The van der Waals surface area contributed by atoms with E-state index in [0.717, 1.165) is 12.3 Å². The molecule has 96 valence electrons. The molecule has 0 aliphatic rings. The van der Waals surface area contributed by atoms with Crippen molar-refractivity contribution in [2.45, 2.75) is 38.5 Å². The van der Waals surface area contributed by atoms with Gasteiger partial charge >= 0.3 is 0 Å². The fourth-order valence-electron chi connectivity index (χ4n) is 2.45. The number of hydrogen-bond donors (Lipinski definition) is 0. The fraction of sp³-hybridized carbons (Fsp3) is 0.412. The van der Waals surface area contributed by atoms with Crippen molar-refractivity contribution in [3.8, 4) is 0 Å². The second kappa shape index (κ2) is 7.43. The second-order valence-electron chi connectivity index (χ2n) is 4.85. The standard InChI is InChI=1S/C17H21Cl/c18-14-7-3-1-2-4-9-15-11-8-12-16-10-5-6-13-17(15)16/h5-6,8,10-13H,1-4,7,9,14H2. The monoisotopic (exact) mass is 260 g/mol. The summed E-state index contributed by atoms with van der Waals surface area (Å²) in [7, 11) is 0. The van der Waals surface area contributed by atoms with Gasteiger partial charge in [0.15, 0.2) is 0 Å². The molecule has 0 aromatic heterocycles. The molecule has 0 saturated carbocycles. The van der Waals surface area contributed by atoms with E-state index in [0.29, 0.717) is 0 Å². The predicted octanol–water partition coefficient (Wildman–Crippen LogP) is 5.57. The van der Waals surface area contributed by atoms with Crippen molar-refractivity contribution in [1.29, 1.82) is 0 Å². The highest BCUT2D eigenvalue weighted by Gasteiger charge is 1.99. The van der Waals surface area contributed by atoms with Crippen molar-refractivity contribution in [2.75, 3.05) is 5.88 Å². The maximum atomic E-state index is 5.68. The van der Waals surface area contributed by atoms with Crippen molar-refractivity contribution >= 4 is 22.4 Å². The van der Waals surface area contributed by atoms with Crippen molar-refractivity contribution in [3.63, 3.8) is 0 Å². The summed E-state index contributed by atoms with van der Waals surface area (Å²) in [4.78, 5) is 0. The average molecular weight is 261 g/mol. The van der Waals surface area contributed by atoms with E-state index in [-0.39, 0.29) is 0 Å². The summed E-state index contributed by atoms with van der Waals surface area (Å²) in [6.45, 7) is 0. The van der Waals surface area contributed by atoms with Crippen LogP contribution in [0.25, 0.3) is 10.8 Å². The predicted molar refractivity (Wildman–Crippen MR) is 81.5 cm³/mol. The Balaban J connectivity index is 1.88. The molecular formula is C17H21Cl. The number of rotatable bonds is 7. The zero-order valence-electron chi connectivity index (χ0n) is 10.9. The Labute approximate surface area is 115 Å². The Morgan fingerprint density at radius 3 is 2.33 bits per heavy atom. The maximum absolute atomic E-state index is 5.68. The number of unbranched alkanes of at least 4 members (excludes halogenated alkanes) is 4. The molecule has 2 aromatic rings. The van der Waals surface area contributed by atoms with Gasteiger partial charge in [-0.2, -0.15) is 0 Å². The summed E-state index contributed by atoms with van der Waals surface area (Å²) < 4.78 is 0. The first kappa shape index (κ1) is 13.4. The topological polar surface area (TPSA) is 0 Å². The van der Waals surface area contributed by atoms with E-state index < -0.39 is 0 Å². The molecule has 0 amide bonds. The lowest BCUT2D eigenvalue weighted by molar-refractivity contribution is 0.635. The Bertz CT molecular complexity index is 470. The third-order valence-corrected chi connectivity index (χ3v) is 3.73. The van der Waals surface area contributed by atoms with E-state index >= 15 is 0 Å². The van der Waals surface area contributed by atoms with Crippen LogP contribution < -0.4 is 0 Å².